The molecule has 25 heavy (non-hydrogen) atoms. The Balaban J connectivity index is 1.75. The number of nitrogens with zero attached hydrogens (tertiary/aromatic N) is 4. The Labute approximate surface area is 146 Å². The molecule has 7 heteroatoms. The first-order valence-corrected chi connectivity index (χ1v) is 7.82. The van der Waals surface area contributed by atoms with E-state index in [1.54, 1.807) is 19.5 Å². The first-order valence-electron chi connectivity index (χ1n) is 7.82. The predicted molar refractivity (Wildman–Crippen MR) is 99.9 cm³/mol. The number of anilines is 1. The second kappa shape index (κ2) is 7.48. The van der Waals surface area contributed by atoms with Crippen LogP contribution in [-0.2, 0) is 0 Å². The van der Waals surface area contributed by atoms with Crippen molar-refractivity contribution in [1.82, 2.24) is 19.7 Å². The largest absolute Gasteiger partial charge is 0.495 e. The Morgan fingerprint density at radius 1 is 1.36 bits per heavy atom. The average Bonchev–Trinajstić information content (AvgIpc) is 2.98. The van der Waals surface area contributed by atoms with Crippen molar-refractivity contribution < 1.29 is 4.74 Å². The summed E-state index contributed by atoms with van der Waals surface area (Å²) >= 11 is 0. The summed E-state index contributed by atoms with van der Waals surface area (Å²) in [5.41, 5.74) is 3.31. The molecule has 3 aromatic rings. The highest BCUT2D eigenvalue weighted by Gasteiger charge is 2.12. The summed E-state index contributed by atoms with van der Waals surface area (Å²) in [4.78, 5) is 12.8. The number of benzene rings is 1. The monoisotopic (exact) mass is 336 g/mol. The van der Waals surface area contributed by atoms with Crippen LogP contribution in [0.2, 0.25) is 0 Å². The molecule has 128 valence electrons. The number of hydrogen-bond donors (Lipinski definition) is 2. The van der Waals surface area contributed by atoms with Crippen molar-refractivity contribution in [2.45, 2.75) is 6.92 Å². The predicted octanol–water partition coefficient (Wildman–Crippen LogP) is 2.70. The molecular weight excluding hydrogens is 316 g/mol. The lowest BCUT2D eigenvalue weighted by atomic mass is 10.3. The molecule has 2 aromatic heterocycles. The lowest BCUT2D eigenvalue weighted by molar-refractivity contribution is 0.416. The highest BCUT2D eigenvalue weighted by Crippen LogP contribution is 2.23. The Bertz CT molecular complexity index is 915. The molecule has 0 radical (unpaired) electrons. The van der Waals surface area contributed by atoms with Crippen LogP contribution in [0.4, 0.5) is 5.69 Å². The van der Waals surface area contributed by atoms with Crippen molar-refractivity contribution in [1.29, 1.82) is 0 Å². The summed E-state index contributed by atoms with van der Waals surface area (Å²) in [5, 5.41) is 6.46. The first kappa shape index (κ1) is 16.5. The molecule has 0 amide bonds. The number of nitrogens with one attached hydrogen (secondary N) is 2. The van der Waals surface area contributed by atoms with Gasteiger partial charge in [0.2, 0.25) is 5.78 Å². The van der Waals surface area contributed by atoms with Crippen molar-refractivity contribution in [2.75, 3.05) is 19.1 Å². The van der Waals surface area contributed by atoms with Crippen molar-refractivity contribution in [3.05, 3.63) is 60.3 Å². The third-order valence-corrected chi connectivity index (χ3v) is 3.72. The maximum absolute atomic E-state index is 5.31. The van der Waals surface area contributed by atoms with E-state index >= 15 is 0 Å². The van der Waals surface area contributed by atoms with E-state index in [1.165, 1.54) is 0 Å². The van der Waals surface area contributed by atoms with E-state index in [2.05, 4.69) is 32.3 Å². The molecular formula is C18H20N6O. The van der Waals surface area contributed by atoms with Crippen LogP contribution in [0.3, 0.4) is 0 Å². The number of ether oxygens (including phenoxy) is 1. The van der Waals surface area contributed by atoms with Crippen LogP contribution in [0.15, 0.2) is 53.9 Å². The van der Waals surface area contributed by atoms with E-state index in [-0.39, 0.29) is 0 Å². The second-order valence-electron chi connectivity index (χ2n) is 5.28. The number of para-hydroxylation sites is 2. The van der Waals surface area contributed by atoms with Gasteiger partial charge in [0, 0.05) is 18.6 Å². The van der Waals surface area contributed by atoms with Crippen molar-refractivity contribution >= 4 is 23.9 Å². The maximum Gasteiger partial charge on any atom is 0.234 e. The number of fused-ring (bicyclic) bond motifs is 1. The number of methoxy groups -OCH3 is 1. The van der Waals surface area contributed by atoms with Gasteiger partial charge < -0.3 is 15.4 Å². The standard InChI is InChI=1S/C18H20N6O/c1-13-17(24-10-6-9-21-18(24)23-13)15(19-2)11-20-12-22-14-7-4-5-8-16(14)25-3/h4-11,20,22H,2,12H2,1,3H3/b15-11-. The molecule has 0 unspecified atom stereocenters. The van der Waals surface area contributed by atoms with E-state index in [4.69, 9.17) is 4.74 Å². The molecule has 0 aliphatic rings. The molecule has 3 rings (SSSR count). The minimum absolute atomic E-state index is 0.507. The maximum atomic E-state index is 5.31. The molecule has 0 saturated carbocycles. The van der Waals surface area contributed by atoms with E-state index in [1.807, 2.05) is 47.9 Å². The molecule has 0 atom stereocenters. The van der Waals surface area contributed by atoms with Gasteiger partial charge in [-0.3, -0.25) is 9.39 Å². The molecule has 0 spiro atoms. The lowest BCUT2D eigenvalue weighted by Gasteiger charge is -2.11. The quantitative estimate of drug-likeness (QED) is 0.394. The number of imidazole rings is 1. The average molecular weight is 336 g/mol. The van der Waals surface area contributed by atoms with Gasteiger partial charge in [-0.25, -0.2) is 9.97 Å². The van der Waals surface area contributed by atoms with Gasteiger partial charge in [0.05, 0.1) is 30.9 Å². The van der Waals surface area contributed by atoms with Crippen LogP contribution in [-0.4, -0.2) is 34.9 Å². The third-order valence-electron chi connectivity index (χ3n) is 3.72. The second-order valence-corrected chi connectivity index (χ2v) is 5.28. The van der Waals surface area contributed by atoms with Crippen LogP contribution in [0, 0.1) is 6.92 Å². The number of aryl methyl sites for hydroxylation is 1. The van der Waals surface area contributed by atoms with Crippen molar-refractivity contribution in [2.24, 2.45) is 4.99 Å². The summed E-state index contributed by atoms with van der Waals surface area (Å²) in [7, 11) is 1.65. The van der Waals surface area contributed by atoms with Gasteiger partial charge in [-0.15, -0.1) is 0 Å². The first-order chi connectivity index (χ1) is 12.2. The van der Waals surface area contributed by atoms with E-state index in [0.29, 0.717) is 18.1 Å². The third kappa shape index (κ3) is 3.45. The SMILES string of the molecule is C=N/C(=C\NCNc1ccccc1OC)c1c(C)nc2ncccn12. The zero-order valence-electron chi connectivity index (χ0n) is 14.2. The van der Waals surface area contributed by atoms with Gasteiger partial charge in [-0.1, -0.05) is 12.1 Å². The zero-order valence-corrected chi connectivity index (χ0v) is 14.2. The Hall–Kier alpha value is -3.35. The van der Waals surface area contributed by atoms with Gasteiger partial charge in [-0.2, -0.15) is 0 Å². The molecule has 1 aromatic carbocycles. The van der Waals surface area contributed by atoms with Crippen LogP contribution in [0.5, 0.6) is 5.75 Å². The number of aromatic nitrogens is 3. The number of rotatable bonds is 7. The fourth-order valence-corrected chi connectivity index (χ4v) is 2.58. The molecule has 0 fully saturated rings. The topological polar surface area (TPSA) is 75.8 Å². The van der Waals surface area contributed by atoms with Crippen LogP contribution < -0.4 is 15.4 Å². The van der Waals surface area contributed by atoms with Crippen molar-refractivity contribution in [3.63, 3.8) is 0 Å². The highest BCUT2D eigenvalue weighted by molar-refractivity contribution is 5.69. The number of hydrogen-bond acceptors (Lipinski definition) is 6. The lowest BCUT2D eigenvalue weighted by Crippen LogP contribution is -2.17. The van der Waals surface area contributed by atoms with Gasteiger partial charge in [-0.05, 0) is 31.8 Å². The Kier molecular flexibility index (Phi) is 4.94. The summed E-state index contributed by atoms with van der Waals surface area (Å²) in [6.07, 6.45) is 5.42. The molecule has 0 bridgehead atoms. The minimum Gasteiger partial charge on any atom is -0.495 e. The molecule has 0 aliphatic heterocycles. The Morgan fingerprint density at radius 2 is 2.20 bits per heavy atom. The summed E-state index contributed by atoms with van der Waals surface area (Å²) in [6, 6.07) is 9.60. The van der Waals surface area contributed by atoms with Gasteiger partial charge in [0.1, 0.15) is 11.4 Å². The minimum atomic E-state index is 0.507. The molecule has 2 heterocycles. The van der Waals surface area contributed by atoms with E-state index < -0.39 is 0 Å². The summed E-state index contributed by atoms with van der Waals surface area (Å²) < 4.78 is 7.21. The van der Waals surface area contributed by atoms with Crippen molar-refractivity contribution in [3.8, 4) is 5.75 Å². The molecule has 0 saturated heterocycles. The van der Waals surface area contributed by atoms with E-state index in [9.17, 15) is 0 Å². The van der Waals surface area contributed by atoms with Gasteiger partial charge in [0.15, 0.2) is 0 Å². The molecule has 2 N–H and O–H groups in total. The summed E-state index contributed by atoms with van der Waals surface area (Å²) in [5.74, 6) is 1.43. The van der Waals surface area contributed by atoms with Crippen LogP contribution in [0.1, 0.15) is 11.4 Å². The number of aliphatic imine (C=N–C) groups is 1. The normalized spacial score (nSPS) is 11.4. The summed E-state index contributed by atoms with van der Waals surface area (Å²) in [6.45, 7) is 6.10. The fraction of sp³-hybridized carbons (Fsp3) is 0.167. The van der Waals surface area contributed by atoms with E-state index in [0.717, 1.165) is 22.8 Å². The molecule has 7 nitrogen and oxygen atoms in total. The smallest absolute Gasteiger partial charge is 0.234 e. The Morgan fingerprint density at radius 3 is 3.00 bits per heavy atom. The zero-order chi connectivity index (χ0) is 17.6. The van der Waals surface area contributed by atoms with Gasteiger partial charge in [0.25, 0.3) is 0 Å². The fourth-order valence-electron chi connectivity index (χ4n) is 2.58. The van der Waals surface area contributed by atoms with Crippen LogP contribution in [0.25, 0.3) is 11.5 Å². The highest BCUT2D eigenvalue weighted by atomic mass is 16.5. The van der Waals surface area contributed by atoms with Gasteiger partial charge >= 0.3 is 0 Å². The van der Waals surface area contributed by atoms with Crippen LogP contribution >= 0.6 is 0 Å². The molecule has 0 aliphatic carbocycles.